The number of hydrogen-bond acceptors (Lipinski definition) is 4. The number of benzene rings is 1. The fraction of sp³-hybridized carbons (Fsp3) is 0.500. The first-order valence-corrected chi connectivity index (χ1v) is 5.43. The molecule has 1 heterocycles. The first kappa shape index (κ1) is 13.8. The van der Waals surface area contributed by atoms with Crippen LogP contribution in [0.3, 0.4) is 0 Å². The van der Waals surface area contributed by atoms with Gasteiger partial charge in [-0.2, -0.15) is 0 Å². The standard InChI is InChI=1S/C12H17NO3.ClH/c1-4-5-12(2)15-10-6-8(13)9(14-3)7-11(10)16-12;/h6-7H,4-5,13H2,1-3H3;1H. The molecule has 1 atom stereocenters. The van der Waals surface area contributed by atoms with Gasteiger partial charge >= 0.3 is 0 Å². The molecule has 17 heavy (non-hydrogen) atoms. The van der Waals surface area contributed by atoms with Crippen molar-refractivity contribution in [1.82, 2.24) is 0 Å². The predicted octanol–water partition coefficient (Wildman–Crippen LogP) is 2.99. The van der Waals surface area contributed by atoms with Gasteiger partial charge in [0, 0.05) is 25.5 Å². The van der Waals surface area contributed by atoms with E-state index < -0.39 is 5.79 Å². The highest BCUT2D eigenvalue weighted by molar-refractivity contribution is 5.85. The molecule has 0 fully saturated rings. The van der Waals surface area contributed by atoms with Gasteiger partial charge in [0.1, 0.15) is 5.75 Å². The van der Waals surface area contributed by atoms with E-state index in [0.29, 0.717) is 22.9 Å². The quantitative estimate of drug-likeness (QED) is 0.848. The van der Waals surface area contributed by atoms with Crippen molar-refractivity contribution in [3.63, 3.8) is 0 Å². The number of fused-ring (bicyclic) bond motifs is 1. The van der Waals surface area contributed by atoms with E-state index in [0.717, 1.165) is 12.8 Å². The molecule has 0 saturated carbocycles. The van der Waals surface area contributed by atoms with Gasteiger partial charge in [0.2, 0.25) is 5.79 Å². The van der Waals surface area contributed by atoms with Crippen molar-refractivity contribution in [3.05, 3.63) is 12.1 Å². The first-order valence-electron chi connectivity index (χ1n) is 5.43. The molecule has 2 rings (SSSR count). The Kier molecular flexibility index (Phi) is 3.98. The minimum atomic E-state index is -0.574. The Morgan fingerprint density at radius 2 is 1.88 bits per heavy atom. The van der Waals surface area contributed by atoms with Gasteiger partial charge in [0.05, 0.1) is 12.8 Å². The average Bonchev–Trinajstić information content (AvgIpc) is 2.52. The number of rotatable bonds is 3. The van der Waals surface area contributed by atoms with Crippen LogP contribution in [-0.2, 0) is 0 Å². The molecule has 0 saturated heterocycles. The van der Waals surface area contributed by atoms with E-state index in [-0.39, 0.29) is 12.4 Å². The van der Waals surface area contributed by atoms with Crippen LogP contribution < -0.4 is 19.9 Å². The van der Waals surface area contributed by atoms with Gasteiger partial charge in [0.15, 0.2) is 11.5 Å². The van der Waals surface area contributed by atoms with Crippen molar-refractivity contribution in [3.8, 4) is 17.2 Å². The minimum absolute atomic E-state index is 0. The number of halogens is 1. The second-order valence-corrected chi connectivity index (χ2v) is 4.13. The summed E-state index contributed by atoms with van der Waals surface area (Å²) < 4.78 is 16.7. The van der Waals surface area contributed by atoms with Crippen molar-refractivity contribution in [1.29, 1.82) is 0 Å². The third-order valence-corrected chi connectivity index (χ3v) is 2.65. The normalized spacial score (nSPS) is 20.9. The summed E-state index contributed by atoms with van der Waals surface area (Å²) >= 11 is 0. The smallest absolute Gasteiger partial charge is 0.248 e. The Labute approximate surface area is 107 Å². The topological polar surface area (TPSA) is 53.7 Å². The van der Waals surface area contributed by atoms with Gasteiger partial charge in [-0.05, 0) is 6.42 Å². The van der Waals surface area contributed by atoms with Gasteiger partial charge in [-0.3, -0.25) is 0 Å². The highest BCUT2D eigenvalue weighted by Gasteiger charge is 2.36. The molecule has 1 aliphatic rings. The highest BCUT2D eigenvalue weighted by atomic mass is 35.5. The third-order valence-electron chi connectivity index (χ3n) is 2.65. The Bertz CT molecular complexity index is 411. The van der Waals surface area contributed by atoms with E-state index in [1.165, 1.54) is 0 Å². The molecular weight excluding hydrogens is 242 g/mol. The summed E-state index contributed by atoms with van der Waals surface area (Å²) in [5.74, 6) is 1.43. The lowest BCUT2D eigenvalue weighted by Gasteiger charge is -2.21. The number of nitrogen functional groups attached to an aromatic ring is 1. The number of ether oxygens (including phenoxy) is 3. The lowest BCUT2D eigenvalue weighted by atomic mass is 10.2. The Morgan fingerprint density at radius 3 is 2.41 bits per heavy atom. The lowest BCUT2D eigenvalue weighted by molar-refractivity contribution is -0.0684. The number of anilines is 1. The summed E-state index contributed by atoms with van der Waals surface area (Å²) in [5, 5.41) is 0. The van der Waals surface area contributed by atoms with Crippen LogP contribution in [0, 0.1) is 0 Å². The number of methoxy groups -OCH3 is 1. The van der Waals surface area contributed by atoms with Gasteiger partial charge in [0.25, 0.3) is 0 Å². The molecule has 4 nitrogen and oxygen atoms in total. The summed E-state index contributed by atoms with van der Waals surface area (Å²) in [6.07, 6.45) is 1.83. The molecule has 0 bridgehead atoms. The van der Waals surface area contributed by atoms with Gasteiger partial charge < -0.3 is 19.9 Å². The second-order valence-electron chi connectivity index (χ2n) is 4.13. The SMILES string of the molecule is CCCC1(C)Oc2cc(N)c(OC)cc2O1.Cl. The van der Waals surface area contributed by atoms with Crippen molar-refractivity contribution in [2.75, 3.05) is 12.8 Å². The van der Waals surface area contributed by atoms with E-state index in [4.69, 9.17) is 19.9 Å². The molecule has 0 aromatic heterocycles. The zero-order valence-electron chi connectivity index (χ0n) is 10.3. The summed E-state index contributed by atoms with van der Waals surface area (Å²) in [6.45, 7) is 4.02. The van der Waals surface area contributed by atoms with Crippen molar-refractivity contribution >= 4 is 18.1 Å². The molecule has 2 N–H and O–H groups in total. The monoisotopic (exact) mass is 259 g/mol. The summed E-state index contributed by atoms with van der Waals surface area (Å²) in [7, 11) is 1.58. The number of nitrogens with two attached hydrogens (primary N) is 1. The maximum absolute atomic E-state index is 5.81. The van der Waals surface area contributed by atoms with Crippen LogP contribution in [0.15, 0.2) is 12.1 Å². The van der Waals surface area contributed by atoms with Crippen LogP contribution in [0.4, 0.5) is 5.69 Å². The van der Waals surface area contributed by atoms with E-state index in [1.807, 2.05) is 6.92 Å². The average molecular weight is 260 g/mol. The maximum Gasteiger partial charge on any atom is 0.248 e. The Morgan fingerprint density at radius 1 is 1.29 bits per heavy atom. The summed E-state index contributed by atoms with van der Waals surface area (Å²) in [4.78, 5) is 0. The zero-order valence-corrected chi connectivity index (χ0v) is 11.1. The molecule has 1 aliphatic heterocycles. The summed E-state index contributed by atoms with van der Waals surface area (Å²) in [6, 6.07) is 3.51. The van der Waals surface area contributed by atoms with Crippen LogP contribution in [0.5, 0.6) is 17.2 Å². The molecule has 0 radical (unpaired) electrons. The molecule has 0 amide bonds. The Balaban J connectivity index is 0.00000144. The van der Waals surface area contributed by atoms with E-state index in [9.17, 15) is 0 Å². The van der Waals surface area contributed by atoms with Crippen LogP contribution in [0.1, 0.15) is 26.7 Å². The van der Waals surface area contributed by atoms with E-state index in [2.05, 4.69) is 6.92 Å². The first-order chi connectivity index (χ1) is 7.58. The predicted molar refractivity (Wildman–Crippen MR) is 69.2 cm³/mol. The van der Waals surface area contributed by atoms with Crippen molar-refractivity contribution < 1.29 is 14.2 Å². The largest absolute Gasteiger partial charge is 0.494 e. The fourth-order valence-electron chi connectivity index (χ4n) is 1.94. The molecule has 1 aromatic carbocycles. The van der Waals surface area contributed by atoms with Gasteiger partial charge in [-0.25, -0.2) is 0 Å². The third kappa shape index (κ3) is 2.52. The van der Waals surface area contributed by atoms with Crippen molar-refractivity contribution in [2.45, 2.75) is 32.5 Å². The lowest BCUT2D eigenvalue weighted by Crippen LogP contribution is -2.34. The molecule has 1 aromatic rings. The Hall–Kier alpha value is -1.29. The molecule has 0 aliphatic carbocycles. The van der Waals surface area contributed by atoms with Crippen molar-refractivity contribution in [2.24, 2.45) is 0 Å². The second kappa shape index (κ2) is 4.92. The van der Waals surface area contributed by atoms with Crippen LogP contribution in [-0.4, -0.2) is 12.9 Å². The van der Waals surface area contributed by atoms with Gasteiger partial charge in [-0.1, -0.05) is 6.92 Å². The van der Waals surface area contributed by atoms with Crippen LogP contribution in [0.2, 0.25) is 0 Å². The molecule has 1 unspecified atom stereocenters. The fourth-order valence-corrected chi connectivity index (χ4v) is 1.94. The maximum atomic E-state index is 5.81. The van der Waals surface area contributed by atoms with E-state index in [1.54, 1.807) is 19.2 Å². The highest BCUT2D eigenvalue weighted by Crippen LogP contribution is 2.45. The number of hydrogen-bond donors (Lipinski definition) is 1. The summed E-state index contributed by atoms with van der Waals surface area (Å²) in [5.41, 5.74) is 6.37. The molecule has 0 spiro atoms. The molecule has 96 valence electrons. The zero-order chi connectivity index (χ0) is 11.8. The van der Waals surface area contributed by atoms with Crippen LogP contribution in [0.25, 0.3) is 0 Å². The van der Waals surface area contributed by atoms with Crippen LogP contribution >= 0.6 is 12.4 Å². The van der Waals surface area contributed by atoms with Gasteiger partial charge in [-0.15, -0.1) is 12.4 Å². The molecular formula is C12H18ClNO3. The minimum Gasteiger partial charge on any atom is -0.494 e. The van der Waals surface area contributed by atoms with E-state index >= 15 is 0 Å². The molecule has 5 heteroatoms.